The minimum Gasteiger partial charge on any atom is -0.571 e. The van der Waals surface area contributed by atoms with E-state index in [4.69, 9.17) is 18.9 Å². The molecule has 0 spiro atoms. The Kier molecular flexibility index (Phi) is 8.39. The molecule has 42 heavy (non-hydrogen) atoms. The molecule has 11 N–H and O–H groups in total. The van der Waals surface area contributed by atoms with Crippen LogP contribution in [-0.4, -0.2) is 124 Å². The minimum absolute atomic E-state index is 0.0196. The van der Waals surface area contributed by atoms with Gasteiger partial charge in [0.25, 0.3) is 11.9 Å². The van der Waals surface area contributed by atoms with E-state index in [1.165, 1.54) is 43.3 Å². The smallest absolute Gasteiger partial charge is 0.270 e. The van der Waals surface area contributed by atoms with Crippen LogP contribution in [0.25, 0.3) is 6.08 Å². The van der Waals surface area contributed by atoms with Gasteiger partial charge in [0.05, 0.1) is 24.3 Å². The molecule has 0 amide bonds. The molecule has 0 radical (unpaired) electrons. The molecule has 0 bridgehead atoms. The van der Waals surface area contributed by atoms with E-state index in [0.717, 1.165) is 0 Å². The van der Waals surface area contributed by atoms with Gasteiger partial charge in [-0.2, -0.15) is 0 Å². The van der Waals surface area contributed by atoms with Crippen molar-refractivity contribution in [1.82, 2.24) is 0 Å². The van der Waals surface area contributed by atoms with Gasteiger partial charge in [-0.1, -0.05) is 0 Å². The first kappa shape index (κ1) is 30.1. The van der Waals surface area contributed by atoms with Crippen molar-refractivity contribution in [2.24, 2.45) is 0 Å². The average molecular weight is 598 g/mol. The number of aromatic hydroxyl groups is 4. The van der Waals surface area contributed by atoms with Crippen LogP contribution in [0.2, 0.25) is 0 Å². The van der Waals surface area contributed by atoms with E-state index in [9.17, 15) is 51.1 Å². The number of aliphatic hydroxyl groups excluding tert-OH is 7. The molecular formula is C27H33O15+. The Labute approximate surface area is 238 Å². The molecule has 15 nitrogen and oxygen atoms in total. The van der Waals surface area contributed by atoms with Crippen LogP contribution >= 0.6 is 0 Å². The quantitative estimate of drug-likeness (QED) is 0.130. The van der Waals surface area contributed by atoms with E-state index >= 15 is 0 Å². The lowest BCUT2D eigenvalue weighted by atomic mass is 9.98. The molecule has 230 valence electrons. The van der Waals surface area contributed by atoms with Crippen molar-refractivity contribution in [3.05, 3.63) is 47.2 Å². The van der Waals surface area contributed by atoms with Gasteiger partial charge in [-0.05, 0) is 25.1 Å². The molecule has 2 aromatic carbocycles. The van der Waals surface area contributed by atoms with E-state index < -0.39 is 85.6 Å². The third-order valence-electron chi connectivity index (χ3n) is 7.41. The minimum atomic E-state index is -1.75. The summed E-state index contributed by atoms with van der Waals surface area (Å²) in [7, 11) is 0. The van der Waals surface area contributed by atoms with Crippen LogP contribution in [-0.2, 0) is 14.2 Å². The third kappa shape index (κ3) is 5.54. The largest absolute Gasteiger partial charge is 0.571 e. The van der Waals surface area contributed by atoms with Crippen molar-refractivity contribution in [1.29, 1.82) is 0 Å². The zero-order valence-corrected chi connectivity index (χ0v) is 22.1. The summed E-state index contributed by atoms with van der Waals surface area (Å²) >= 11 is 0. The molecule has 15 heteroatoms. The number of rotatable bonds is 6. The Bertz CT molecular complexity index is 1310. The Balaban J connectivity index is 1.49. The van der Waals surface area contributed by atoms with Crippen LogP contribution in [0, 0.1) is 0 Å². The molecular weight excluding hydrogens is 564 g/mol. The van der Waals surface area contributed by atoms with Gasteiger partial charge in [0.15, 0.2) is 17.3 Å². The lowest BCUT2D eigenvalue weighted by Crippen LogP contribution is -2.59. The van der Waals surface area contributed by atoms with E-state index in [-0.39, 0.29) is 34.1 Å². The normalized spacial score (nSPS) is 36.4. The van der Waals surface area contributed by atoms with Crippen molar-refractivity contribution in [3.63, 3.8) is 0 Å². The van der Waals surface area contributed by atoms with E-state index in [2.05, 4.69) is 4.74 Å². The van der Waals surface area contributed by atoms with E-state index in [1.54, 1.807) is 0 Å². The van der Waals surface area contributed by atoms with Gasteiger partial charge in [-0.3, -0.25) is 0 Å². The standard InChI is InChI=1S/C27H32O15/c1-9-19(32)21(34)23(36)26(38-9)39-11-5-14(30)12-7-17(41-27-24(37)22(35)20(33)18(8-28)42-27)25(40-16(12)6-11)10-2-3-13(29)15(31)4-10/h2-7,9,18-37H,8H2,1H3/p+1/t9-,18+,19-,20+,21-,22+,23+,24+,25?,26-,27+/m0/s1. The summed E-state index contributed by atoms with van der Waals surface area (Å²) in [6, 6.07) is 6.42. The lowest BCUT2D eigenvalue weighted by Gasteiger charge is -2.40. The molecule has 0 aliphatic carbocycles. The molecule has 5 rings (SSSR count). The molecule has 2 saturated heterocycles. The second-order valence-corrected chi connectivity index (χ2v) is 10.3. The fourth-order valence-corrected chi connectivity index (χ4v) is 4.94. The van der Waals surface area contributed by atoms with Crippen molar-refractivity contribution in [2.75, 3.05) is 6.61 Å². The average Bonchev–Trinajstić information content (AvgIpc) is 2.96. The number of hydrogen-bond acceptors (Lipinski definition) is 14. The van der Waals surface area contributed by atoms with Crippen LogP contribution in [0.5, 0.6) is 28.7 Å². The zero-order valence-electron chi connectivity index (χ0n) is 22.1. The summed E-state index contributed by atoms with van der Waals surface area (Å²) in [6.45, 7) is 0.791. The van der Waals surface area contributed by atoms with Gasteiger partial charge in [0.1, 0.15) is 59.8 Å². The molecule has 3 aliphatic heterocycles. The van der Waals surface area contributed by atoms with Crippen LogP contribution < -0.4 is 4.74 Å². The van der Waals surface area contributed by atoms with Crippen LogP contribution in [0.4, 0.5) is 0 Å². The highest BCUT2D eigenvalue weighted by molar-refractivity contribution is 5.69. The first-order valence-corrected chi connectivity index (χ1v) is 13.0. The predicted octanol–water partition coefficient (Wildman–Crippen LogP) is -1.84. The molecule has 0 saturated carbocycles. The van der Waals surface area contributed by atoms with Gasteiger partial charge in [-0.25, -0.2) is 0 Å². The highest BCUT2D eigenvalue weighted by atomic mass is 16.7. The summed E-state index contributed by atoms with van der Waals surface area (Å²) in [6.07, 6.45) is -14.5. The van der Waals surface area contributed by atoms with Gasteiger partial charge < -0.3 is 74.7 Å². The van der Waals surface area contributed by atoms with Crippen molar-refractivity contribution >= 4 is 6.08 Å². The van der Waals surface area contributed by atoms with E-state index in [1.807, 2.05) is 0 Å². The van der Waals surface area contributed by atoms with Gasteiger partial charge in [0, 0.05) is 12.1 Å². The topological polar surface area (TPSA) is 252 Å². The zero-order chi connectivity index (χ0) is 30.5. The number of phenolic OH excluding ortho intramolecular Hbond substituents is 3. The number of fused-ring (bicyclic) bond motifs is 1. The maximum atomic E-state index is 10.9. The summed E-state index contributed by atoms with van der Waals surface area (Å²) in [5, 5.41) is 101. The summed E-state index contributed by atoms with van der Waals surface area (Å²) in [5.74, 6) is -1.17. The Hall–Kier alpha value is -3.38. The number of aliphatic hydroxyl groups is 8. The van der Waals surface area contributed by atoms with Crippen LogP contribution in [0.15, 0.2) is 36.1 Å². The Morgan fingerprint density at radius 1 is 0.738 bits per heavy atom. The molecule has 11 atom stereocenters. The maximum absolute atomic E-state index is 10.9. The lowest BCUT2D eigenvalue weighted by molar-refractivity contribution is -0.295. The van der Waals surface area contributed by atoms with Crippen LogP contribution in [0.3, 0.4) is 0 Å². The van der Waals surface area contributed by atoms with Crippen LogP contribution in [0.1, 0.15) is 24.2 Å². The fourth-order valence-electron chi connectivity index (χ4n) is 4.94. The second-order valence-electron chi connectivity index (χ2n) is 10.3. The highest BCUT2D eigenvalue weighted by Gasteiger charge is 2.47. The molecule has 0 aromatic heterocycles. The third-order valence-corrected chi connectivity index (χ3v) is 7.41. The predicted molar refractivity (Wildman–Crippen MR) is 138 cm³/mol. The monoisotopic (exact) mass is 597 g/mol. The Morgan fingerprint density at radius 2 is 1.40 bits per heavy atom. The number of benzene rings is 2. The van der Waals surface area contributed by atoms with Crippen molar-refractivity contribution in [3.8, 4) is 28.7 Å². The second kappa shape index (κ2) is 11.7. The highest BCUT2D eigenvalue weighted by Crippen LogP contribution is 2.46. The number of phenols is 3. The number of ether oxygens (including phenoxy) is 5. The Morgan fingerprint density at radius 3 is 2.07 bits per heavy atom. The van der Waals surface area contributed by atoms with E-state index in [0.29, 0.717) is 0 Å². The SMILES string of the molecule is C[C@@H]1O[C@@H](Oc2cc(O)c3c(c2)[OH+]C(c2ccc(O)c(O)c2)C(O[C@@H]2O[C@H](CO)[C@@H](O)[C@@H](O)[C@H]2O)=C3)[C@H](O)[C@@H](O)[C@H]1O. The molecule has 3 heterocycles. The molecule has 1 unspecified atom stereocenters. The maximum Gasteiger partial charge on any atom is 0.270 e. The summed E-state index contributed by atoms with van der Waals surface area (Å²) in [5.41, 5.74) is 0.407. The number of hydrogen-bond donors (Lipinski definition) is 10. The van der Waals surface area contributed by atoms with Crippen molar-refractivity contribution < 1.29 is 74.7 Å². The van der Waals surface area contributed by atoms with Crippen molar-refractivity contribution in [2.45, 2.75) is 74.4 Å². The van der Waals surface area contributed by atoms with Gasteiger partial charge in [0.2, 0.25) is 12.6 Å². The van der Waals surface area contributed by atoms with Gasteiger partial charge >= 0.3 is 0 Å². The first-order chi connectivity index (χ1) is 19.9. The molecule has 2 fully saturated rings. The molecule has 2 aromatic rings. The fraction of sp³-hybridized carbons (Fsp3) is 0.481. The molecule has 3 aliphatic rings. The first-order valence-electron chi connectivity index (χ1n) is 13.0. The summed E-state index contributed by atoms with van der Waals surface area (Å²) in [4.78, 5) is 0. The summed E-state index contributed by atoms with van der Waals surface area (Å²) < 4.78 is 27.0. The van der Waals surface area contributed by atoms with Gasteiger partial charge in [-0.15, -0.1) is 0 Å².